The van der Waals surface area contributed by atoms with Crippen molar-refractivity contribution in [3.63, 3.8) is 0 Å². The number of carbonyl (C=O) groups excluding carboxylic acids is 1. The van der Waals surface area contributed by atoms with Gasteiger partial charge in [-0.1, -0.05) is 6.07 Å². The van der Waals surface area contributed by atoms with E-state index in [1.165, 1.54) is 11.1 Å². The molecule has 0 saturated carbocycles. The lowest BCUT2D eigenvalue weighted by Gasteiger charge is -2.39. The number of hydrogen-bond acceptors (Lipinski definition) is 3. The number of carbonyl (C=O) groups is 1. The zero-order valence-corrected chi connectivity index (χ0v) is 12.2. The van der Waals surface area contributed by atoms with Gasteiger partial charge in [0, 0.05) is 24.8 Å². The van der Waals surface area contributed by atoms with E-state index in [9.17, 15) is 4.79 Å². The molecule has 104 valence electrons. The minimum Gasteiger partial charge on any atom is -0.318 e. The third kappa shape index (κ3) is 2.96. The van der Waals surface area contributed by atoms with Crippen LogP contribution < -0.4 is 10.2 Å². The highest BCUT2D eigenvalue weighted by Crippen LogP contribution is 2.22. The van der Waals surface area contributed by atoms with Crippen LogP contribution in [0.25, 0.3) is 0 Å². The van der Waals surface area contributed by atoms with Crippen molar-refractivity contribution in [3.8, 4) is 0 Å². The molecule has 1 heterocycles. The molecule has 1 unspecified atom stereocenters. The molecule has 0 spiro atoms. The highest BCUT2D eigenvalue weighted by Gasteiger charge is 2.30. The number of benzene rings is 1. The number of likely N-dealkylation sites (N-methyl/N-ethyl adjacent to an activating group) is 2. The van der Waals surface area contributed by atoms with Gasteiger partial charge in [-0.25, -0.2) is 0 Å². The molecule has 1 aromatic rings. The molecule has 1 amide bonds. The Morgan fingerprint density at radius 2 is 2.05 bits per heavy atom. The fourth-order valence-corrected chi connectivity index (χ4v) is 2.48. The molecule has 0 aliphatic carbocycles. The van der Waals surface area contributed by atoms with Crippen LogP contribution >= 0.6 is 0 Å². The Hall–Kier alpha value is -1.39. The van der Waals surface area contributed by atoms with E-state index in [0.717, 1.165) is 18.8 Å². The molecule has 1 saturated heterocycles. The number of amides is 1. The Morgan fingerprint density at radius 1 is 1.32 bits per heavy atom. The average Bonchev–Trinajstić information content (AvgIpc) is 2.36. The minimum absolute atomic E-state index is 0.179. The van der Waals surface area contributed by atoms with Gasteiger partial charge in [0.05, 0.1) is 6.54 Å². The fourth-order valence-electron chi connectivity index (χ4n) is 2.48. The first kappa shape index (κ1) is 14.0. The molecule has 1 atom stereocenters. The van der Waals surface area contributed by atoms with Crippen LogP contribution in [0.1, 0.15) is 11.1 Å². The average molecular weight is 261 g/mol. The lowest BCUT2D eigenvalue weighted by atomic mass is 10.1. The predicted octanol–water partition coefficient (Wildman–Crippen LogP) is 1.17. The molecule has 4 nitrogen and oxygen atoms in total. The van der Waals surface area contributed by atoms with E-state index in [1.807, 2.05) is 25.1 Å². The van der Waals surface area contributed by atoms with Gasteiger partial charge in [0.2, 0.25) is 5.91 Å². The van der Waals surface area contributed by atoms with Crippen molar-refractivity contribution >= 4 is 11.6 Å². The zero-order valence-electron chi connectivity index (χ0n) is 12.2. The molecule has 19 heavy (non-hydrogen) atoms. The first-order valence-electron chi connectivity index (χ1n) is 6.75. The summed E-state index contributed by atoms with van der Waals surface area (Å²) in [5, 5.41) is 3.20. The molecule has 1 aliphatic heterocycles. The van der Waals surface area contributed by atoms with E-state index in [2.05, 4.69) is 36.2 Å². The van der Waals surface area contributed by atoms with Crippen LogP contribution in [0.3, 0.4) is 0 Å². The highest BCUT2D eigenvalue weighted by molar-refractivity contribution is 5.95. The molecule has 1 aromatic carbocycles. The molecule has 2 rings (SSSR count). The Labute approximate surface area is 115 Å². The van der Waals surface area contributed by atoms with Gasteiger partial charge >= 0.3 is 0 Å². The van der Waals surface area contributed by atoms with E-state index < -0.39 is 0 Å². The van der Waals surface area contributed by atoms with E-state index in [-0.39, 0.29) is 5.91 Å². The Balaban J connectivity index is 2.22. The maximum Gasteiger partial charge on any atom is 0.241 e. The SMILES string of the molecule is CNCC1CN(c2ccc(C)c(C)c2)C(=O)CN1C. The van der Waals surface area contributed by atoms with Gasteiger partial charge in [0.15, 0.2) is 0 Å². The first-order valence-corrected chi connectivity index (χ1v) is 6.75. The summed E-state index contributed by atoms with van der Waals surface area (Å²) in [6, 6.07) is 6.60. The second-order valence-electron chi connectivity index (χ2n) is 5.40. The summed E-state index contributed by atoms with van der Waals surface area (Å²) >= 11 is 0. The second-order valence-corrected chi connectivity index (χ2v) is 5.40. The van der Waals surface area contributed by atoms with Crippen LogP contribution in [-0.4, -0.2) is 50.6 Å². The predicted molar refractivity (Wildman–Crippen MR) is 78.6 cm³/mol. The van der Waals surface area contributed by atoms with E-state index in [4.69, 9.17) is 0 Å². The first-order chi connectivity index (χ1) is 9.02. The van der Waals surface area contributed by atoms with Crippen molar-refractivity contribution < 1.29 is 4.79 Å². The number of aryl methyl sites for hydroxylation is 2. The lowest BCUT2D eigenvalue weighted by Crippen LogP contribution is -2.57. The van der Waals surface area contributed by atoms with Gasteiger partial charge in [-0.05, 0) is 51.2 Å². The van der Waals surface area contributed by atoms with Crippen LogP contribution in [0.2, 0.25) is 0 Å². The topological polar surface area (TPSA) is 35.6 Å². The van der Waals surface area contributed by atoms with Crippen molar-refractivity contribution in [1.82, 2.24) is 10.2 Å². The Bertz CT molecular complexity index is 472. The number of piperazine rings is 1. The summed E-state index contributed by atoms with van der Waals surface area (Å²) in [5.41, 5.74) is 3.51. The standard InChI is InChI=1S/C15H23N3O/c1-11-5-6-13(7-12(11)2)18-9-14(8-16-3)17(4)10-15(18)19/h5-7,14,16H,8-10H2,1-4H3. The van der Waals surface area contributed by atoms with Crippen molar-refractivity contribution in [2.75, 3.05) is 38.6 Å². The van der Waals surface area contributed by atoms with Crippen LogP contribution in [0.4, 0.5) is 5.69 Å². The monoisotopic (exact) mass is 261 g/mol. The van der Waals surface area contributed by atoms with Crippen molar-refractivity contribution in [3.05, 3.63) is 29.3 Å². The summed E-state index contributed by atoms with van der Waals surface area (Å²) in [6.45, 7) is 6.31. The molecule has 1 aliphatic rings. The van der Waals surface area contributed by atoms with Crippen LogP contribution in [0.5, 0.6) is 0 Å². The van der Waals surface area contributed by atoms with Gasteiger partial charge in [0.1, 0.15) is 0 Å². The molecular formula is C15H23N3O. The lowest BCUT2D eigenvalue weighted by molar-refractivity contribution is -0.121. The van der Waals surface area contributed by atoms with Gasteiger partial charge in [0.25, 0.3) is 0 Å². The van der Waals surface area contributed by atoms with Crippen molar-refractivity contribution in [2.24, 2.45) is 0 Å². The van der Waals surface area contributed by atoms with Crippen LogP contribution in [0, 0.1) is 13.8 Å². The molecule has 0 radical (unpaired) electrons. The van der Waals surface area contributed by atoms with Gasteiger partial charge in [-0.3, -0.25) is 9.69 Å². The Morgan fingerprint density at radius 3 is 2.68 bits per heavy atom. The smallest absolute Gasteiger partial charge is 0.241 e. The molecule has 0 aromatic heterocycles. The quantitative estimate of drug-likeness (QED) is 0.887. The maximum absolute atomic E-state index is 12.2. The zero-order chi connectivity index (χ0) is 14.0. The van der Waals surface area contributed by atoms with Crippen LogP contribution in [-0.2, 0) is 4.79 Å². The summed E-state index contributed by atoms with van der Waals surface area (Å²) in [4.78, 5) is 16.2. The molecule has 0 bridgehead atoms. The number of anilines is 1. The van der Waals surface area contributed by atoms with E-state index in [1.54, 1.807) is 0 Å². The summed E-state index contributed by atoms with van der Waals surface area (Å²) in [5.74, 6) is 0.179. The highest BCUT2D eigenvalue weighted by atomic mass is 16.2. The van der Waals surface area contributed by atoms with E-state index in [0.29, 0.717) is 12.6 Å². The van der Waals surface area contributed by atoms with Crippen molar-refractivity contribution in [2.45, 2.75) is 19.9 Å². The molecule has 4 heteroatoms. The molecule has 1 fully saturated rings. The Kier molecular flexibility index (Phi) is 4.22. The normalized spacial score (nSPS) is 20.9. The molecular weight excluding hydrogens is 238 g/mol. The second kappa shape index (κ2) is 5.72. The van der Waals surface area contributed by atoms with Crippen LogP contribution in [0.15, 0.2) is 18.2 Å². The van der Waals surface area contributed by atoms with Gasteiger partial charge in [-0.2, -0.15) is 0 Å². The summed E-state index contributed by atoms with van der Waals surface area (Å²) < 4.78 is 0. The summed E-state index contributed by atoms with van der Waals surface area (Å²) in [7, 11) is 3.96. The number of rotatable bonds is 3. The third-order valence-corrected chi connectivity index (χ3v) is 3.94. The number of nitrogens with one attached hydrogen (secondary N) is 1. The largest absolute Gasteiger partial charge is 0.318 e. The fraction of sp³-hybridized carbons (Fsp3) is 0.533. The van der Waals surface area contributed by atoms with E-state index >= 15 is 0 Å². The number of nitrogens with zero attached hydrogens (tertiary/aromatic N) is 2. The molecule has 1 N–H and O–H groups in total. The van der Waals surface area contributed by atoms with Crippen molar-refractivity contribution in [1.29, 1.82) is 0 Å². The maximum atomic E-state index is 12.2. The van der Waals surface area contributed by atoms with Gasteiger partial charge in [-0.15, -0.1) is 0 Å². The van der Waals surface area contributed by atoms with Gasteiger partial charge < -0.3 is 10.2 Å². The third-order valence-electron chi connectivity index (χ3n) is 3.94. The minimum atomic E-state index is 0.179. The summed E-state index contributed by atoms with van der Waals surface area (Å²) in [6.07, 6.45) is 0. The number of hydrogen-bond donors (Lipinski definition) is 1.